The molecule has 3 aromatic rings. The van der Waals surface area contributed by atoms with E-state index in [4.69, 9.17) is 0 Å². The molecule has 0 amide bonds. The minimum atomic E-state index is 0.305. The topological polar surface area (TPSA) is 34.1 Å². The fourth-order valence-corrected chi connectivity index (χ4v) is 6.59. The first-order chi connectivity index (χ1) is 17.9. The molecule has 0 spiro atoms. The van der Waals surface area contributed by atoms with Gasteiger partial charge in [0.05, 0.1) is 0 Å². The van der Waals surface area contributed by atoms with Crippen LogP contribution in [0.15, 0.2) is 83.3 Å². The lowest BCUT2D eigenvalue weighted by atomic mass is 9.90. The number of Topliss-reactive ketones (excluding diaryl/α,β-unsaturated/α-hetero) is 2. The number of benzene rings is 3. The van der Waals surface area contributed by atoms with E-state index in [2.05, 4.69) is 88.7 Å². The second-order valence-corrected chi connectivity index (χ2v) is 11.9. The van der Waals surface area contributed by atoms with Crippen LogP contribution in [0.1, 0.15) is 63.5 Å². The van der Waals surface area contributed by atoms with Gasteiger partial charge in [-0.3, -0.25) is 9.59 Å². The molecule has 0 aromatic heterocycles. The standard InChI is InChI=1S/C20H22O.C14H17BrO/c1-15(21)18-12-11-16(13-18)14-19-9-5-6-10-20(19)17-7-3-2-4-8-17;1-10(16)12-7-6-11(8-12)9-13-4-2-3-5-14(13)15/h2-10,16,18H,11-14H2,1H3;2-5,11-12H,6-9H2,1H3/t16-,18-;11-,12-/m11/s1. The Kier molecular flexibility index (Phi) is 9.91. The first-order valence-electron chi connectivity index (χ1n) is 13.8. The summed E-state index contributed by atoms with van der Waals surface area (Å²) < 4.78 is 1.20. The molecule has 0 unspecified atom stereocenters. The summed E-state index contributed by atoms with van der Waals surface area (Å²) >= 11 is 3.58. The van der Waals surface area contributed by atoms with Gasteiger partial charge in [-0.15, -0.1) is 0 Å². The number of hydrogen-bond acceptors (Lipinski definition) is 2. The van der Waals surface area contributed by atoms with Gasteiger partial charge in [0, 0.05) is 16.3 Å². The van der Waals surface area contributed by atoms with Crippen LogP contribution in [-0.2, 0) is 22.4 Å². The number of carbonyl (C=O) groups excluding carboxylic acids is 2. The Bertz CT molecular complexity index is 1190. The van der Waals surface area contributed by atoms with E-state index in [0.29, 0.717) is 35.2 Å². The molecule has 2 fully saturated rings. The van der Waals surface area contributed by atoms with Crippen molar-refractivity contribution in [1.29, 1.82) is 0 Å². The molecule has 5 rings (SSSR count). The minimum absolute atomic E-state index is 0.305. The average molecular weight is 560 g/mol. The smallest absolute Gasteiger partial charge is 0.132 e. The molecule has 2 saturated carbocycles. The van der Waals surface area contributed by atoms with Crippen molar-refractivity contribution in [3.8, 4) is 11.1 Å². The lowest BCUT2D eigenvalue weighted by Gasteiger charge is -2.14. The van der Waals surface area contributed by atoms with E-state index in [0.717, 1.165) is 38.5 Å². The van der Waals surface area contributed by atoms with Crippen LogP contribution in [0.25, 0.3) is 11.1 Å². The van der Waals surface area contributed by atoms with E-state index in [-0.39, 0.29) is 0 Å². The maximum atomic E-state index is 11.5. The molecule has 0 aliphatic heterocycles. The van der Waals surface area contributed by atoms with Crippen molar-refractivity contribution < 1.29 is 9.59 Å². The van der Waals surface area contributed by atoms with E-state index in [1.807, 2.05) is 6.07 Å². The molecule has 0 bridgehead atoms. The van der Waals surface area contributed by atoms with Crippen LogP contribution >= 0.6 is 15.9 Å². The zero-order chi connectivity index (χ0) is 26.2. The Balaban J connectivity index is 0.000000180. The normalized spacial score (nSPS) is 22.8. The largest absolute Gasteiger partial charge is 0.300 e. The third kappa shape index (κ3) is 7.74. The van der Waals surface area contributed by atoms with Gasteiger partial charge in [0.25, 0.3) is 0 Å². The van der Waals surface area contributed by atoms with Crippen molar-refractivity contribution in [3.63, 3.8) is 0 Å². The second-order valence-electron chi connectivity index (χ2n) is 11.0. The number of carbonyl (C=O) groups is 2. The summed E-state index contributed by atoms with van der Waals surface area (Å²) in [6.07, 6.45) is 8.89. The molecule has 3 heteroatoms. The van der Waals surface area contributed by atoms with Gasteiger partial charge in [0.2, 0.25) is 0 Å². The first-order valence-corrected chi connectivity index (χ1v) is 14.6. The van der Waals surface area contributed by atoms with Crippen LogP contribution in [0.5, 0.6) is 0 Å². The summed E-state index contributed by atoms with van der Waals surface area (Å²) in [5, 5.41) is 0. The maximum Gasteiger partial charge on any atom is 0.132 e. The van der Waals surface area contributed by atoms with Crippen molar-refractivity contribution in [2.75, 3.05) is 0 Å². The molecule has 37 heavy (non-hydrogen) atoms. The molecule has 0 radical (unpaired) electrons. The quantitative estimate of drug-likeness (QED) is 0.290. The van der Waals surface area contributed by atoms with Crippen molar-refractivity contribution in [1.82, 2.24) is 0 Å². The molecule has 2 aliphatic carbocycles. The summed E-state index contributed by atoms with van der Waals surface area (Å²) in [5.74, 6) is 2.71. The Labute approximate surface area is 231 Å². The zero-order valence-electron chi connectivity index (χ0n) is 22.2. The fraction of sp³-hybridized carbons (Fsp3) is 0.412. The Morgan fingerprint density at radius 3 is 1.68 bits per heavy atom. The molecule has 194 valence electrons. The summed E-state index contributed by atoms with van der Waals surface area (Å²) in [6.45, 7) is 3.47. The number of rotatable bonds is 7. The van der Waals surface area contributed by atoms with Crippen LogP contribution in [0.2, 0.25) is 0 Å². The molecule has 2 aliphatic rings. The summed E-state index contributed by atoms with van der Waals surface area (Å²) in [5.41, 5.74) is 5.41. The fourth-order valence-electron chi connectivity index (χ4n) is 6.14. The lowest BCUT2D eigenvalue weighted by Crippen LogP contribution is -2.07. The van der Waals surface area contributed by atoms with Gasteiger partial charge >= 0.3 is 0 Å². The number of hydrogen-bond donors (Lipinski definition) is 0. The van der Waals surface area contributed by atoms with Gasteiger partial charge in [0.1, 0.15) is 11.6 Å². The van der Waals surface area contributed by atoms with Crippen LogP contribution in [-0.4, -0.2) is 11.6 Å². The summed E-state index contributed by atoms with van der Waals surface area (Å²) in [6, 6.07) is 27.7. The maximum absolute atomic E-state index is 11.5. The molecular formula is C34H39BrO2. The molecule has 3 aromatic carbocycles. The summed E-state index contributed by atoms with van der Waals surface area (Å²) in [7, 11) is 0. The summed E-state index contributed by atoms with van der Waals surface area (Å²) in [4.78, 5) is 22.8. The monoisotopic (exact) mass is 558 g/mol. The van der Waals surface area contributed by atoms with E-state index in [1.165, 1.54) is 39.6 Å². The Hall–Kier alpha value is -2.52. The van der Waals surface area contributed by atoms with Crippen molar-refractivity contribution >= 4 is 27.5 Å². The van der Waals surface area contributed by atoms with Gasteiger partial charge in [-0.25, -0.2) is 0 Å². The van der Waals surface area contributed by atoms with Crippen molar-refractivity contribution in [2.45, 2.75) is 65.2 Å². The first kappa shape index (κ1) is 27.5. The Morgan fingerprint density at radius 2 is 1.14 bits per heavy atom. The van der Waals surface area contributed by atoms with Gasteiger partial charge < -0.3 is 0 Å². The third-order valence-corrected chi connectivity index (χ3v) is 9.08. The second kappa shape index (κ2) is 13.3. The lowest BCUT2D eigenvalue weighted by molar-refractivity contribution is -0.121. The van der Waals surface area contributed by atoms with Gasteiger partial charge in [-0.05, 0) is 105 Å². The van der Waals surface area contributed by atoms with Gasteiger partial charge in [-0.1, -0.05) is 88.7 Å². The van der Waals surface area contributed by atoms with Gasteiger partial charge in [-0.2, -0.15) is 0 Å². The van der Waals surface area contributed by atoms with Crippen LogP contribution in [0.4, 0.5) is 0 Å². The zero-order valence-corrected chi connectivity index (χ0v) is 23.8. The minimum Gasteiger partial charge on any atom is -0.300 e. The van der Waals surface area contributed by atoms with Crippen LogP contribution in [0, 0.1) is 23.7 Å². The number of halogens is 1. The number of ketones is 2. The van der Waals surface area contributed by atoms with E-state index >= 15 is 0 Å². The predicted octanol–water partition coefficient (Wildman–Crippen LogP) is 8.90. The molecule has 0 heterocycles. The molecule has 0 N–H and O–H groups in total. The molecule has 2 nitrogen and oxygen atoms in total. The highest BCUT2D eigenvalue weighted by atomic mass is 79.9. The molecule has 0 saturated heterocycles. The van der Waals surface area contributed by atoms with E-state index < -0.39 is 0 Å². The van der Waals surface area contributed by atoms with Crippen molar-refractivity contribution in [2.24, 2.45) is 23.7 Å². The SMILES string of the molecule is CC(=O)[C@@H]1CC[C@@H](Cc2ccccc2-c2ccccc2)C1.CC(=O)[C@@H]1CC[C@@H](Cc2ccccc2Br)C1. The van der Waals surface area contributed by atoms with Crippen LogP contribution in [0.3, 0.4) is 0 Å². The van der Waals surface area contributed by atoms with E-state index in [1.54, 1.807) is 13.8 Å². The van der Waals surface area contributed by atoms with Gasteiger partial charge in [0.15, 0.2) is 0 Å². The third-order valence-electron chi connectivity index (χ3n) is 8.31. The molecular weight excluding hydrogens is 520 g/mol. The highest BCUT2D eigenvalue weighted by molar-refractivity contribution is 9.10. The van der Waals surface area contributed by atoms with Crippen molar-refractivity contribution in [3.05, 3.63) is 94.5 Å². The van der Waals surface area contributed by atoms with Crippen LogP contribution < -0.4 is 0 Å². The van der Waals surface area contributed by atoms with E-state index in [9.17, 15) is 9.59 Å². The Morgan fingerprint density at radius 1 is 0.649 bits per heavy atom. The highest BCUT2D eigenvalue weighted by Crippen LogP contribution is 2.36. The predicted molar refractivity (Wildman–Crippen MR) is 156 cm³/mol. The highest BCUT2D eigenvalue weighted by Gasteiger charge is 2.29. The molecule has 4 atom stereocenters. The average Bonchev–Trinajstić information content (AvgIpc) is 3.57.